The first kappa shape index (κ1) is 25.0. The number of thioether (sulfide) groups is 1. The Hall–Kier alpha value is -2.64. The van der Waals surface area contributed by atoms with E-state index in [1.807, 2.05) is 36.4 Å². The lowest BCUT2D eigenvalue weighted by molar-refractivity contribution is -0.118. The van der Waals surface area contributed by atoms with Gasteiger partial charge in [-0.1, -0.05) is 62.0 Å². The summed E-state index contributed by atoms with van der Waals surface area (Å²) in [5, 5.41) is 4.21. The van der Waals surface area contributed by atoms with E-state index in [1.165, 1.54) is 22.9 Å². The van der Waals surface area contributed by atoms with Gasteiger partial charge in [0, 0.05) is 13.1 Å². The molecule has 0 unspecified atom stereocenters. The Morgan fingerprint density at radius 2 is 1.82 bits per heavy atom. The van der Waals surface area contributed by atoms with Crippen molar-refractivity contribution in [2.24, 2.45) is 0 Å². The zero-order chi connectivity index (χ0) is 23.6. The maximum atomic E-state index is 13.2. The van der Waals surface area contributed by atoms with E-state index >= 15 is 0 Å². The topological polar surface area (TPSA) is 67.2 Å². The molecule has 0 fully saturated rings. The van der Waals surface area contributed by atoms with Crippen LogP contribution in [-0.4, -0.2) is 52.3 Å². The molecule has 0 saturated carbocycles. The van der Waals surface area contributed by atoms with E-state index < -0.39 is 0 Å². The van der Waals surface area contributed by atoms with Crippen molar-refractivity contribution in [2.45, 2.75) is 45.3 Å². The van der Waals surface area contributed by atoms with E-state index in [9.17, 15) is 9.59 Å². The van der Waals surface area contributed by atoms with Crippen LogP contribution in [0.1, 0.15) is 31.4 Å². The van der Waals surface area contributed by atoms with Gasteiger partial charge in [0.25, 0.3) is 5.56 Å². The summed E-state index contributed by atoms with van der Waals surface area (Å²) in [4.78, 5) is 32.7. The minimum atomic E-state index is -0.0503. The predicted molar refractivity (Wildman–Crippen MR) is 137 cm³/mol. The highest BCUT2D eigenvalue weighted by Crippen LogP contribution is 2.18. The fraction of sp³-hybridized carbons (Fsp3) is 0.423. The van der Waals surface area contributed by atoms with Gasteiger partial charge in [-0.3, -0.25) is 14.2 Å². The molecule has 1 heterocycles. The summed E-state index contributed by atoms with van der Waals surface area (Å²) in [6, 6.07) is 15.6. The molecule has 2 aromatic carbocycles. The molecule has 7 heteroatoms. The highest BCUT2D eigenvalue weighted by atomic mass is 32.2. The molecule has 0 aliphatic rings. The Bertz CT molecular complexity index is 1120. The van der Waals surface area contributed by atoms with Crippen molar-refractivity contribution in [1.82, 2.24) is 19.8 Å². The molecule has 6 nitrogen and oxygen atoms in total. The molecule has 0 saturated heterocycles. The largest absolute Gasteiger partial charge is 0.355 e. The number of amides is 1. The normalized spacial score (nSPS) is 11.3. The van der Waals surface area contributed by atoms with Gasteiger partial charge < -0.3 is 10.2 Å². The summed E-state index contributed by atoms with van der Waals surface area (Å²) in [5.74, 6) is 0.180. The van der Waals surface area contributed by atoms with Crippen LogP contribution in [-0.2, 0) is 17.8 Å². The van der Waals surface area contributed by atoms with Gasteiger partial charge in [-0.2, -0.15) is 0 Å². The maximum absolute atomic E-state index is 13.2. The summed E-state index contributed by atoms with van der Waals surface area (Å²) in [6.45, 7) is 10.5. The minimum Gasteiger partial charge on any atom is -0.355 e. The lowest BCUT2D eigenvalue weighted by Gasteiger charge is -2.19. The summed E-state index contributed by atoms with van der Waals surface area (Å²) in [5.41, 5.74) is 3.10. The SMILES string of the molecule is CCN(CC)CCCn1c(SCC(=O)NCCc2ccccc2C)nc2ccccc2c1=O. The highest BCUT2D eigenvalue weighted by molar-refractivity contribution is 7.99. The minimum absolute atomic E-state index is 0.0393. The van der Waals surface area contributed by atoms with Gasteiger partial charge in [0.15, 0.2) is 5.16 Å². The second-order valence-corrected chi connectivity index (χ2v) is 9.01. The van der Waals surface area contributed by atoms with Crippen molar-refractivity contribution in [3.63, 3.8) is 0 Å². The fourth-order valence-corrected chi connectivity index (χ4v) is 4.71. The molecule has 0 atom stereocenters. The molecule has 0 aliphatic carbocycles. The zero-order valence-electron chi connectivity index (χ0n) is 19.8. The van der Waals surface area contributed by atoms with Crippen LogP contribution in [0.25, 0.3) is 10.9 Å². The standard InChI is InChI=1S/C26H34N4O2S/c1-4-29(5-2)17-10-18-30-25(32)22-13-8-9-14-23(22)28-26(30)33-19-24(31)27-16-15-21-12-7-6-11-20(21)3/h6-9,11-14H,4-5,10,15-19H2,1-3H3,(H,27,31). The number of hydrogen-bond donors (Lipinski definition) is 1. The van der Waals surface area contributed by atoms with Crippen molar-refractivity contribution in [1.29, 1.82) is 0 Å². The van der Waals surface area contributed by atoms with E-state index in [1.54, 1.807) is 4.57 Å². The van der Waals surface area contributed by atoms with Crippen LogP contribution in [0.3, 0.4) is 0 Å². The Morgan fingerprint density at radius 3 is 2.58 bits per heavy atom. The molecule has 0 aliphatic heterocycles. The summed E-state index contributed by atoms with van der Waals surface area (Å²) < 4.78 is 1.73. The second-order valence-electron chi connectivity index (χ2n) is 8.06. The fourth-order valence-electron chi connectivity index (χ4n) is 3.86. The van der Waals surface area contributed by atoms with Gasteiger partial charge in [-0.05, 0) is 62.7 Å². The van der Waals surface area contributed by atoms with E-state index in [0.717, 1.165) is 32.5 Å². The zero-order valence-corrected chi connectivity index (χ0v) is 20.7. The lowest BCUT2D eigenvalue weighted by atomic mass is 10.1. The van der Waals surface area contributed by atoms with E-state index in [0.29, 0.717) is 29.1 Å². The van der Waals surface area contributed by atoms with Crippen molar-refractivity contribution in [3.05, 3.63) is 70.0 Å². The number of nitrogens with zero attached hydrogens (tertiary/aromatic N) is 3. The Labute approximate surface area is 200 Å². The number of benzene rings is 2. The Kier molecular flexibility index (Phi) is 9.51. The van der Waals surface area contributed by atoms with Gasteiger partial charge in [0.2, 0.25) is 5.91 Å². The molecule has 1 aromatic heterocycles. The van der Waals surface area contributed by atoms with Gasteiger partial charge >= 0.3 is 0 Å². The molecule has 0 radical (unpaired) electrons. The lowest BCUT2D eigenvalue weighted by Crippen LogP contribution is -2.30. The van der Waals surface area contributed by atoms with Crippen LogP contribution < -0.4 is 10.9 Å². The third-order valence-corrected chi connectivity index (χ3v) is 6.86. The van der Waals surface area contributed by atoms with Crippen molar-refractivity contribution in [3.8, 4) is 0 Å². The van der Waals surface area contributed by atoms with Crippen molar-refractivity contribution < 1.29 is 4.79 Å². The number of hydrogen-bond acceptors (Lipinski definition) is 5. The number of nitrogens with one attached hydrogen (secondary N) is 1. The summed E-state index contributed by atoms with van der Waals surface area (Å²) in [7, 11) is 0. The molecular formula is C26H34N4O2S. The van der Waals surface area contributed by atoms with Gasteiger partial charge in [-0.15, -0.1) is 0 Å². The number of carbonyl (C=O) groups is 1. The molecule has 0 spiro atoms. The number of carbonyl (C=O) groups excluding carboxylic acids is 1. The third kappa shape index (κ3) is 6.92. The maximum Gasteiger partial charge on any atom is 0.262 e. The Morgan fingerprint density at radius 1 is 1.09 bits per heavy atom. The van der Waals surface area contributed by atoms with E-state index in [-0.39, 0.29) is 17.2 Å². The third-order valence-electron chi connectivity index (χ3n) is 5.89. The average Bonchev–Trinajstić information content (AvgIpc) is 2.83. The first-order valence-corrected chi connectivity index (χ1v) is 12.7. The average molecular weight is 467 g/mol. The van der Waals surface area contributed by atoms with Gasteiger partial charge in [0.1, 0.15) is 0 Å². The number of aromatic nitrogens is 2. The number of fused-ring (bicyclic) bond motifs is 1. The van der Waals surface area contributed by atoms with Crippen LogP contribution >= 0.6 is 11.8 Å². The predicted octanol–water partition coefficient (Wildman–Crippen LogP) is 3.89. The van der Waals surface area contributed by atoms with Crippen molar-refractivity contribution in [2.75, 3.05) is 31.9 Å². The first-order valence-electron chi connectivity index (χ1n) is 11.7. The van der Waals surface area contributed by atoms with Gasteiger partial charge in [-0.25, -0.2) is 4.98 Å². The van der Waals surface area contributed by atoms with E-state index in [4.69, 9.17) is 4.98 Å². The number of rotatable bonds is 12. The van der Waals surface area contributed by atoms with Crippen LogP contribution in [0.5, 0.6) is 0 Å². The van der Waals surface area contributed by atoms with Gasteiger partial charge in [0.05, 0.1) is 16.7 Å². The number of para-hydroxylation sites is 1. The molecule has 3 aromatic rings. The molecule has 33 heavy (non-hydrogen) atoms. The second kappa shape index (κ2) is 12.6. The smallest absolute Gasteiger partial charge is 0.262 e. The van der Waals surface area contributed by atoms with Crippen LogP contribution in [0.4, 0.5) is 0 Å². The van der Waals surface area contributed by atoms with Crippen LogP contribution in [0.15, 0.2) is 58.5 Å². The monoisotopic (exact) mass is 466 g/mol. The first-order chi connectivity index (χ1) is 16.0. The van der Waals surface area contributed by atoms with Crippen molar-refractivity contribution >= 4 is 28.6 Å². The summed E-state index contributed by atoms with van der Waals surface area (Å²) in [6.07, 6.45) is 1.66. The number of aryl methyl sites for hydroxylation is 1. The molecule has 0 bridgehead atoms. The molecule has 3 rings (SSSR count). The Balaban J connectivity index is 1.65. The molecular weight excluding hydrogens is 432 g/mol. The molecule has 1 amide bonds. The molecule has 1 N–H and O–H groups in total. The van der Waals surface area contributed by atoms with E-state index in [2.05, 4.69) is 43.1 Å². The van der Waals surface area contributed by atoms with Crippen LogP contribution in [0.2, 0.25) is 0 Å². The quantitative estimate of drug-likeness (QED) is 0.324. The highest BCUT2D eigenvalue weighted by Gasteiger charge is 2.13. The molecule has 176 valence electrons. The van der Waals surface area contributed by atoms with Crippen LogP contribution in [0, 0.1) is 6.92 Å². The summed E-state index contributed by atoms with van der Waals surface area (Å²) >= 11 is 1.33.